The van der Waals surface area contributed by atoms with Crippen LogP contribution in [0.15, 0.2) is 39.9 Å². The van der Waals surface area contributed by atoms with Gasteiger partial charge in [0.1, 0.15) is 10.8 Å². The third-order valence-electron chi connectivity index (χ3n) is 4.98. The molecular weight excluding hydrogens is 515 g/mol. The summed E-state index contributed by atoms with van der Waals surface area (Å²) in [5, 5.41) is 13.7. The second kappa shape index (κ2) is 9.22. The van der Waals surface area contributed by atoms with Crippen molar-refractivity contribution in [2.24, 2.45) is 4.99 Å². The van der Waals surface area contributed by atoms with E-state index < -0.39 is 0 Å². The van der Waals surface area contributed by atoms with Crippen molar-refractivity contribution in [3.63, 3.8) is 0 Å². The monoisotopic (exact) mass is 536 g/mol. The third-order valence-corrected chi connectivity index (χ3v) is 7.01. The number of halogens is 1. The molecule has 0 radical (unpaired) electrons. The predicted octanol–water partition coefficient (Wildman–Crippen LogP) is 5.22. The summed E-state index contributed by atoms with van der Waals surface area (Å²) in [6.07, 6.45) is 7.41. The molecule has 2 aromatic heterocycles. The van der Waals surface area contributed by atoms with Crippen molar-refractivity contribution in [3.8, 4) is 11.5 Å². The van der Waals surface area contributed by atoms with Crippen LogP contribution in [0.1, 0.15) is 45.0 Å². The molecule has 0 saturated heterocycles. The molecule has 8 heteroatoms. The molecule has 0 spiro atoms. The Bertz CT molecular complexity index is 1090. The van der Waals surface area contributed by atoms with Crippen molar-refractivity contribution in [2.75, 3.05) is 7.11 Å². The minimum absolute atomic E-state index is 0.111. The molecule has 0 fully saturated rings. The van der Waals surface area contributed by atoms with E-state index in [9.17, 15) is 9.90 Å². The Balaban J connectivity index is 1.64. The number of aliphatic imine (C=N–C) groups is 1. The summed E-state index contributed by atoms with van der Waals surface area (Å²) in [6.45, 7) is 0.340. The number of benzene rings is 1. The van der Waals surface area contributed by atoms with Crippen LogP contribution in [0.2, 0.25) is 0 Å². The van der Waals surface area contributed by atoms with Crippen molar-refractivity contribution in [3.05, 3.63) is 61.4 Å². The first-order chi connectivity index (χ1) is 14.6. The molecule has 1 aromatic carbocycles. The summed E-state index contributed by atoms with van der Waals surface area (Å²) < 4.78 is 11.2. The highest BCUT2D eigenvalue weighted by atomic mass is 127. The van der Waals surface area contributed by atoms with Crippen molar-refractivity contribution >= 4 is 51.1 Å². The van der Waals surface area contributed by atoms with Crippen LogP contribution in [0.3, 0.4) is 0 Å². The van der Waals surface area contributed by atoms with Crippen LogP contribution in [0.5, 0.6) is 11.5 Å². The Morgan fingerprint density at radius 3 is 3.00 bits per heavy atom. The molecule has 156 valence electrons. The van der Waals surface area contributed by atoms with E-state index >= 15 is 0 Å². The van der Waals surface area contributed by atoms with Crippen LogP contribution < -0.4 is 10.1 Å². The van der Waals surface area contributed by atoms with E-state index in [1.807, 2.05) is 12.1 Å². The van der Waals surface area contributed by atoms with E-state index in [1.165, 1.54) is 12.0 Å². The van der Waals surface area contributed by atoms with E-state index in [-0.39, 0.29) is 11.7 Å². The highest BCUT2D eigenvalue weighted by molar-refractivity contribution is 14.1. The first-order valence-corrected chi connectivity index (χ1v) is 11.5. The van der Waals surface area contributed by atoms with Gasteiger partial charge in [-0.25, -0.2) is 4.99 Å². The molecule has 1 amide bonds. The first kappa shape index (κ1) is 20.9. The Labute approximate surface area is 192 Å². The number of fused-ring (bicyclic) bond motifs is 1. The van der Waals surface area contributed by atoms with Gasteiger partial charge in [0.05, 0.1) is 29.1 Å². The third kappa shape index (κ3) is 4.39. The number of hydrogen-bond donors (Lipinski definition) is 2. The quantitative estimate of drug-likeness (QED) is 0.334. The summed E-state index contributed by atoms with van der Waals surface area (Å²) in [5.41, 5.74) is 2.58. The minimum atomic E-state index is -0.129. The first-order valence-electron chi connectivity index (χ1n) is 9.62. The van der Waals surface area contributed by atoms with Gasteiger partial charge in [-0.2, -0.15) is 0 Å². The number of carbonyl (C=O) groups excluding carboxylic acids is 1. The van der Waals surface area contributed by atoms with Gasteiger partial charge in [-0.1, -0.05) is 0 Å². The smallest absolute Gasteiger partial charge is 0.255 e. The van der Waals surface area contributed by atoms with Crippen LogP contribution in [-0.2, 0) is 19.4 Å². The number of aryl methyl sites for hydroxylation is 1. The molecule has 0 saturated carbocycles. The maximum atomic E-state index is 13.0. The lowest BCUT2D eigenvalue weighted by Crippen LogP contribution is -2.23. The summed E-state index contributed by atoms with van der Waals surface area (Å²) in [6, 6.07) is 7.19. The number of hydrogen-bond acceptors (Lipinski definition) is 6. The highest BCUT2D eigenvalue weighted by Gasteiger charge is 2.25. The van der Waals surface area contributed by atoms with Crippen LogP contribution in [-0.4, -0.2) is 24.3 Å². The number of furan rings is 1. The number of rotatable bonds is 6. The number of thiophene rings is 1. The second-order valence-electron chi connectivity index (χ2n) is 6.96. The lowest BCUT2D eigenvalue weighted by molar-refractivity contribution is 0.0948. The van der Waals surface area contributed by atoms with Gasteiger partial charge >= 0.3 is 0 Å². The SMILES string of the molecule is COc1cc(C=Nc2sc3c(c2C(=O)NCc2ccco2)CCCC3)cc(I)c1O. The fourth-order valence-corrected chi connectivity index (χ4v) is 5.36. The maximum absolute atomic E-state index is 13.0. The molecule has 6 nitrogen and oxygen atoms in total. The molecule has 1 aliphatic carbocycles. The highest BCUT2D eigenvalue weighted by Crippen LogP contribution is 2.40. The number of aromatic hydroxyl groups is 1. The van der Waals surface area contributed by atoms with Gasteiger partial charge in [0, 0.05) is 11.1 Å². The standard InChI is InChI=1S/C22H21IN2O4S/c1-28-17-10-13(9-16(23)20(17)26)11-25-22-19(15-6-2-3-7-18(15)30-22)21(27)24-12-14-5-4-8-29-14/h4-5,8-11,26H,2-3,6-7,12H2,1H3,(H,24,27). The zero-order valence-corrected chi connectivity index (χ0v) is 19.4. The molecular formula is C22H21IN2O4S. The number of nitrogens with zero attached hydrogens (tertiary/aromatic N) is 1. The van der Waals surface area contributed by atoms with Crippen LogP contribution in [0.4, 0.5) is 5.00 Å². The van der Waals surface area contributed by atoms with Crippen molar-refractivity contribution in [1.82, 2.24) is 5.32 Å². The van der Waals surface area contributed by atoms with Crippen molar-refractivity contribution in [2.45, 2.75) is 32.2 Å². The van der Waals surface area contributed by atoms with Crippen LogP contribution in [0.25, 0.3) is 0 Å². The van der Waals surface area contributed by atoms with E-state index in [2.05, 4.69) is 32.9 Å². The van der Waals surface area contributed by atoms with Gasteiger partial charge in [0.15, 0.2) is 11.5 Å². The molecule has 0 unspecified atom stereocenters. The number of amides is 1. The average molecular weight is 536 g/mol. The number of ether oxygens (including phenoxy) is 1. The summed E-state index contributed by atoms with van der Waals surface area (Å²) in [7, 11) is 1.51. The zero-order valence-electron chi connectivity index (χ0n) is 16.4. The van der Waals surface area contributed by atoms with E-state index in [0.29, 0.717) is 32.2 Å². The molecule has 30 heavy (non-hydrogen) atoms. The normalized spacial score (nSPS) is 13.4. The number of phenolic OH excluding ortho intramolecular Hbond substituents is 1. The second-order valence-corrected chi connectivity index (χ2v) is 9.21. The van der Waals surface area contributed by atoms with Gasteiger partial charge < -0.3 is 19.6 Å². The van der Waals surface area contributed by atoms with Crippen LogP contribution in [0, 0.1) is 3.57 Å². The predicted molar refractivity (Wildman–Crippen MR) is 125 cm³/mol. The van der Waals surface area contributed by atoms with Crippen molar-refractivity contribution < 1.29 is 19.1 Å². The topological polar surface area (TPSA) is 84.1 Å². The molecule has 0 aliphatic heterocycles. The molecule has 0 atom stereocenters. The lowest BCUT2D eigenvalue weighted by Gasteiger charge is -2.12. The maximum Gasteiger partial charge on any atom is 0.255 e. The molecule has 1 aliphatic rings. The van der Waals surface area contributed by atoms with E-state index in [1.54, 1.807) is 35.9 Å². The molecule has 2 heterocycles. The Morgan fingerprint density at radius 1 is 1.40 bits per heavy atom. The summed E-state index contributed by atoms with van der Waals surface area (Å²) in [5.74, 6) is 1.09. The lowest BCUT2D eigenvalue weighted by atomic mass is 9.95. The molecule has 4 rings (SSSR count). The number of methoxy groups -OCH3 is 1. The largest absolute Gasteiger partial charge is 0.504 e. The number of phenols is 1. The zero-order chi connectivity index (χ0) is 21.1. The molecule has 0 bridgehead atoms. The average Bonchev–Trinajstić information content (AvgIpc) is 3.40. The fourth-order valence-electron chi connectivity index (χ4n) is 3.50. The van der Waals surface area contributed by atoms with E-state index in [0.717, 1.165) is 36.8 Å². The van der Waals surface area contributed by atoms with Crippen LogP contribution >= 0.6 is 33.9 Å². The van der Waals surface area contributed by atoms with Gasteiger partial charge in [-0.05, 0) is 83.7 Å². The Kier molecular flexibility index (Phi) is 6.43. The summed E-state index contributed by atoms with van der Waals surface area (Å²) >= 11 is 3.64. The Morgan fingerprint density at radius 2 is 2.23 bits per heavy atom. The molecule has 2 N–H and O–H groups in total. The minimum Gasteiger partial charge on any atom is -0.504 e. The van der Waals surface area contributed by atoms with Crippen molar-refractivity contribution in [1.29, 1.82) is 0 Å². The summed E-state index contributed by atoms with van der Waals surface area (Å²) in [4.78, 5) is 18.9. The van der Waals surface area contributed by atoms with Gasteiger partial charge in [-0.15, -0.1) is 11.3 Å². The van der Waals surface area contributed by atoms with E-state index in [4.69, 9.17) is 9.15 Å². The fraction of sp³-hybridized carbons (Fsp3) is 0.273. The van der Waals surface area contributed by atoms with Gasteiger partial charge in [-0.3, -0.25) is 4.79 Å². The Hall–Kier alpha value is -2.33. The van der Waals surface area contributed by atoms with Gasteiger partial charge in [0.2, 0.25) is 0 Å². The number of nitrogens with one attached hydrogen (secondary N) is 1. The van der Waals surface area contributed by atoms with Gasteiger partial charge in [0.25, 0.3) is 5.91 Å². The number of carbonyl (C=O) groups is 1. The molecule has 3 aromatic rings.